The first-order valence-electron chi connectivity index (χ1n) is 15.6. The van der Waals surface area contributed by atoms with E-state index in [9.17, 15) is 19.2 Å². The minimum Gasteiger partial charge on any atom is -0.461 e. The van der Waals surface area contributed by atoms with Crippen LogP contribution in [0.4, 0.5) is 0 Å². The Balaban J connectivity index is 1.55. The third-order valence-corrected chi connectivity index (χ3v) is 11.9. The largest absolute Gasteiger partial charge is 0.461 e. The molecule has 4 rings (SSSR count). The maximum Gasteiger partial charge on any atom is 0.423 e. The van der Waals surface area contributed by atoms with Gasteiger partial charge >= 0.3 is 23.9 Å². The van der Waals surface area contributed by atoms with E-state index in [2.05, 4.69) is 27.7 Å². The smallest absolute Gasteiger partial charge is 0.423 e. The van der Waals surface area contributed by atoms with Crippen LogP contribution in [-0.2, 0) is 19.1 Å². The van der Waals surface area contributed by atoms with Crippen molar-refractivity contribution in [3.05, 3.63) is 53.4 Å². The second-order valence-corrected chi connectivity index (χ2v) is 15.6. The molecule has 0 N–H and O–H groups in total. The molecule has 262 valence electrons. The Morgan fingerprint density at radius 3 is 1.25 bits per heavy atom. The first-order chi connectivity index (χ1) is 22.4. The molecule has 2 aromatic carbocycles. The fourth-order valence-electron chi connectivity index (χ4n) is 6.55. The Labute approximate surface area is 309 Å². The van der Waals surface area contributed by atoms with E-state index in [0.29, 0.717) is 23.7 Å². The first-order valence-corrected chi connectivity index (χ1v) is 17.8. The normalized spacial score (nSPS) is 22.8. The molecular weight excluding hydrogens is 749 g/mol. The van der Waals surface area contributed by atoms with Crippen molar-refractivity contribution in [3.8, 4) is 11.5 Å². The molecule has 0 saturated heterocycles. The van der Waals surface area contributed by atoms with E-state index in [1.807, 2.05) is 13.8 Å². The fourth-order valence-corrected chi connectivity index (χ4v) is 7.98. The van der Waals surface area contributed by atoms with Gasteiger partial charge in [0, 0.05) is 10.8 Å². The van der Waals surface area contributed by atoms with Crippen molar-refractivity contribution in [1.29, 1.82) is 0 Å². The van der Waals surface area contributed by atoms with Crippen LogP contribution in [0.15, 0.2) is 12.1 Å². The molecule has 48 heavy (non-hydrogen) atoms. The molecule has 4 atom stereocenters. The molecule has 2 aromatic rings. The van der Waals surface area contributed by atoms with E-state index in [-0.39, 0.29) is 54.2 Å². The zero-order valence-corrected chi connectivity index (χ0v) is 31.8. The standard InChI is InChI=1S/C34H36Cl6O8/c1-7-33(11-17(33)15(3)4)13-45-29(41)23-25(39)19(35)9-21(37)27(23)47-31(43)32(44)48-28-22(38)10-20(36)26(40)24(28)30(42)46-14-34(8-2)12-18(34)16(5)6/h9-10,15-18H,7-8,11-14H2,1-6H3/t17-,18?,33?,34?/m0/s1. The molecular formula is C34H36Cl6O8. The quantitative estimate of drug-likeness (QED) is 0.0907. The van der Waals surface area contributed by atoms with Crippen molar-refractivity contribution in [2.24, 2.45) is 34.5 Å². The van der Waals surface area contributed by atoms with Crippen LogP contribution in [0.2, 0.25) is 30.1 Å². The molecule has 0 heterocycles. The second-order valence-electron chi connectivity index (χ2n) is 13.2. The van der Waals surface area contributed by atoms with Gasteiger partial charge in [0.25, 0.3) is 0 Å². The summed E-state index contributed by atoms with van der Waals surface area (Å²) in [6.07, 6.45) is 3.34. The predicted molar refractivity (Wildman–Crippen MR) is 186 cm³/mol. The topological polar surface area (TPSA) is 105 Å². The maximum atomic E-state index is 13.3. The van der Waals surface area contributed by atoms with Gasteiger partial charge in [0.1, 0.15) is 11.1 Å². The van der Waals surface area contributed by atoms with Crippen LogP contribution < -0.4 is 9.47 Å². The van der Waals surface area contributed by atoms with Gasteiger partial charge < -0.3 is 18.9 Å². The lowest BCUT2D eigenvalue weighted by atomic mass is 9.95. The Morgan fingerprint density at radius 1 is 0.646 bits per heavy atom. The molecule has 2 fully saturated rings. The van der Waals surface area contributed by atoms with Gasteiger partial charge in [-0.25, -0.2) is 19.2 Å². The Morgan fingerprint density at radius 2 is 0.979 bits per heavy atom. The number of ether oxygens (including phenoxy) is 4. The minimum absolute atomic E-state index is 0.0905. The summed E-state index contributed by atoms with van der Waals surface area (Å²) in [7, 11) is 0. The number of rotatable bonds is 12. The number of benzene rings is 2. The van der Waals surface area contributed by atoms with E-state index in [1.165, 1.54) is 0 Å². The lowest BCUT2D eigenvalue weighted by Crippen LogP contribution is -2.28. The Hall–Kier alpha value is -1.94. The van der Waals surface area contributed by atoms with Crippen molar-refractivity contribution < 1.29 is 38.1 Å². The molecule has 0 aromatic heterocycles. The molecule has 0 aliphatic heterocycles. The van der Waals surface area contributed by atoms with E-state index in [0.717, 1.165) is 37.8 Å². The second kappa shape index (κ2) is 15.1. The number of halogens is 6. The number of hydrogen-bond acceptors (Lipinski definition) is 8. The third kappa shape index (κ3) is 7.84. The van der Waals surface area contributed by atoms with E-state index in [4.69, 9.17) is 88.6 Å². The summed E-state index contributed by atoms with van der Waals surface area (Å²) in [4.78, 5) is 52.8. The van der Waals surface area contributed by atoms with Crippen molar-refractivity contribution in [2.45, 2.75) is 67.2 Å². The van der Waals surface area contributed by atoms with Crippen LogP contribution in [0.3, 0.4) is 0 Å². The van der Waals surface area contributed by atoms with Crippen LogP contribution in [0.1, 0.15) is 87.9 Å². The molecule has 14 heteroatoms. The van der Waals surface area contributed by atoms with Gasteiger partial charge in [0.15, 0.2) is 11.5 Å². The average Bonchev–Trinajstić information content (AvgIpc) is 3.94. The molecule has 2 aliphatic carbocycles. The highest BCUT2D eigenvalue weighted by molar-refractivity contribution is 6.47. The number of esters is 4. The number of carbonyl (C=O) groups excluding carboxylic acids is 4. The highest BCUT2D eigenvalue weighted by atomic mass is 35.5. The zero-order valence-electron chi connectivity index (χ0n) is 27.2. The summed E-state index contributed by atoms with van der Waals surface area (Å²) in [5.74, 6) is -4.82. The van der Waals surface area contributed by atoms with Crippen molar-refractivity contribution in [2.75, 3.05) is 13.2 Å². The van der Waals surface area contributed by atoms with Gasteiger partial charge in [-0.15, -0.1) is 0 Å². The molecule has 0 bridgehead atoms. The maximum absolute atomic E-state index is 13.3. The molecule has 0 spiro atoms. The van der Waals surface area contributed by atoms with Gasteiger partial charge in [-0.3, -0.25) is 0 Å². The summed E-state index contributed by atoms with van der Waals surface area (Å²) < 4.78 is 21.7. The van der Waals surface area contributed by atoms with Crippen molar-refractivity contribution in [1.82, 2.24) is 0 Å². The van der Waals surface area contributed by atoms with Crippen LogP contribution in [-0.4, -0.2) is 37.1 Å². The lowest BCUT2D eigenvalue weighted by Gasteiger charge is -2.19. The van der Waals surface area contributed by atoms with Crippen molar-refractivity contribution in [3.63, 3.8) is 0 Å². The number of hydrogen-bond donors (Lipinski definition) is 0. The van der Waals surface area contributed by atoms with Crippen LogP contribution in [0, 0.1) is 34.5 Å². The highest BCUT2D eigenvalue weighted by Gasteiger charge is 2.55. The fraction of sp³-hybridized carbons (Fsp3) is 0.529. The van der Waals surface area contributed by atoms with E-state index in [1.54, 1.807) is 0 Å². The van der Waals surface area contributed by atoms with Gasteiger partial charge in [0.05, 0.1) is 43.3 Å². The number of carbonyl (C=O) groups is 4. The molecule has 2 saturated carbocycles. The summed E-state index contributed by atoms with van der Waals surface area (Å²) in [5.41, 5.74) is -1.29. The Bertz CT molecular complexity index is 1520. The molecule has 0 radical (unpaired) electrons. The zero-order chi connectivity index (χ0) is 35.9. The van der Waals surface area contributed by atoms with Crippen LogP contribution in [0.5, 0.6) is 11.5 Å². The summed E-state index contributed by atoms with van der Waals surface area (Å²) in [5, 5.41) is -1.46. The summed E-state index contributed by atoms with van der Waals surface area (Å²) in [6, 6.07) is 2.27. The molecule has 8 nitrogen and oxygen atoms in total. The Kier molecular flexibility index (Phi) is 12.2. The summed E-state index contributed by atoms with van der Waals surface area (Å²) in [6.45, 7) is 12.6. The molecule has 3 unspecified atom stereocenters. The minimum atomic E-state index is -1.64. The molecule has 2 aliphatic rings. The third-order valence-electron chi connectivity index (χ3n) is 9.72. The van der Waals surface area contributed by atoms with Gasteiger partial charge in [-0.1, -0.05) is 111 Å². The first kappa shape index (κ1) is 38.9. The average molecular weight is 785 g/mol. The van der Waals surface area contributed by atoms with E-state index < -0.39 is 46.5 Å². The monoisotopic (exact) mass is 782 g/mol. The van der Waals surface area contributed by atoms with Gasteiger partial charge in [-0.05, 0) is 61.5 Å². The van der Waals surface area contributed by atoms with Crippen LogP contribution in [0.25, 0.3) is 0 Å². The lowest BCUT2D eigenvalue weighted by molar-refractivity contribution is -0.156. The van der Waals surface area contributed by atoms with Gasteiger partial charge in [0.2, 0.25) is 0 Å². The highest BCUT2D eigenvalue weighted by Crippen LogP contribution is 2.60. The molecule has 0 amide bonds. The van der Waals surface area contributed by atoms with Gasteiger partial charge in [-0.2, -0.15) is 0 Å². The SMILES string of the molecule is CCC1(COC(=O)c2c(Cl)c(Cl)cc(Cl)c2OC(=O)C(=O)Oc2c(Cl)cc(Cl)c(Cl)c2C(=O)OCC2(CC)C[C@H]2C(C)C)CC1C(C)C. The summed E-state index contributed by atoms with van der Waals surface area (Å²) >= 11 is 37.7. The van der Waals surface area contributed by atoms with E-state index >= 15 is 0 Å². The van der Waals surface area contributed by atoms with Crippen LogP contribution >= 0.6 is 69.6 Å². The van der Waals surface area contributed by atoms with Crippen molar-refractivity contribution >= 4 is 93.5 Å². The predicted octanol–water partition coefficient (Wildman–Crippen LogP) is 10.6.